The third-order valence-corrected chi connectivity index (χ3v) is 4.25. The van der Waals surface area contributed by atoms with Gasteiger partial charge in [0, 0.05) is 17.7 Å². The molecule has 1 amide bonds. The maximum absolute atomic E-state index is 12.2. The summed E-state index contributed by atoms with van der Waals surface area (Å²) < 4.78 is 28.1. The standard InChI is InChI=1S/C13H19ClN2O4S/c1-8-10(14)5-9(6-11(8)21(15,18)19)12(17)16-13(2,3)7-20-4/h5-6H,7H2,1-4H3,(H,16,17)(H2,15,18,19). The number of nitrogens with two attached hydrogens (primary N) is 1. The number of benzene rings is 1. The third kappa shape index (κ3) is 4.67. The predicted octanol–water partition coefficient (Wildman–Crippen LogP) is 1.45. The fraction of sp³-hybridized carbons (Fsp3) is 0.462. The molecule has 118 valence electrons. The maximum atomic E-state index is 12.2. The van der Waals surface area contributed by atoms with Crippen molar-refractivity contribution in [3.63, 3.8) is 0 Å². The second-order valence-corrected chi connectivity index (χ2v) is 7.33. The van der Waals surface area contributed by atoms with E-state index >= 15 is 0 Å². The van der Waals surface area contributed by atoms with E-state index in [-0.39, 0.29) is 15.5 Å². The van der Waals surface area contributed by atoms with Gasteiger partial charge >= 0.3 is 0 Å². The molecule has 0 unspecified atom stereocenters. The van der Waals surface area contributed by atoms with Crippen molar-refractivity contribution in [2.24, 2.45) is 5.14 Å². The van der Waals surface area contributed by atoms with Crippen LogP contribution >= 0.6 is 11.6 Å². The van der Waals surface area contributed by atoms with Gasteiger partial charge in [0.05, 0.1) is 17.0 Å². The molecule has 0 aliphatic carbocycles. The number of hydrogen-bond acceptors (Lipinski definition) is 4. The third-order valence-electron chi connectivity index (χ3n) is 2.82. The molecule has 0 spiro atoms. The fourth-order valence-corrected chi connectivity index (χ4v) is 2.96. The van der Waals surface area contributed by atoms with Crippen LogP contribution in [0.1, 0.15) is 29.8 Å². The molecule has 0 aliphatic heterocycles. The molecule has 1 rings (SSSR count). The number of rotatable bonds is 5. The molecule has 0 heterocycles. The number of nitrogens with one attached hydrogen (secondary N) is 1. The number of hydrogen-bond donors (Lipinski definition) is 2. The first-order valence-electron chi connectivity index (χ1n) is 6.12. The van der Waals surface area contributed by atoms with Crippen LogP contribution in [-0.4, -0.2) is 33.6 Å². The van der Waals surface area contributed by atoms with Crippen molar-refractivity contribution >= 4 is 27.5 Å². The average molecular weight is 335 g/mol. The van der Waals surface area contributed by atoms with Gasteiger partial charge in [0.2, 0.25) is 10.0 Å². The Balaban J connectivity index is 3.21. The van der Waals surface area contributed by atoms with Gasteiger partial charge in [0.25, 0.3) is 5.91 Å². The lowest BCUT2D eigenvalue weighted by atomic mass is 10.1. The average Bonchev–Trinajstić information content (AvgIpc) is 2.29. The van der Waals surface area contributed by atoms with Crippen LogP contribution in [0.4, 0.5) is 0 Å². The predicted molar refractivity (Wildman–Crippen MR) is 81.0 cm³/mol. The minimum atomic E-state index is -3.96. The zero-order valence-corrected chi connectivity index (χ0v) is 13.9. The molecule has 0 radical (unpaired) electrons. The fourth-order valence-electron chi connectivity index (χ4n) is 1.86. The Morgan fingerprint density at radius 2 is 2.00 bits per heavy atom. The molecular weight excluding hydrogens is 316 g/mol. The Bertz CT molecular complexity index is 656. The Morgan fingerprint density at radius 3 is 2.48 bits per heavy atom. The van der Waals surface area contributed by atoms with E-state index in [1.807, 2.05) is 0 Å². The Hall–Kier alpha value is -1.15. The summed E-state index contributed by atoms with van der Waals surface area (Å²) >= 11 is 5.98. The highest BCUT2D eigenvalue weighted by Crippen LogP contribution is 2.25. The molecular formula is C13H19ClN2O4S. The molecule has 8 heteroatoms. The van der Waals surface area contributed by atoms with Crippen LogP contribution in [-0.2, 0) is 14.8 Å². The van der Waals surface area contributed by atoms with Gasteiger partial charge < -0.3 is 10.1 Å². The first-order chi connectivity index (χ1) is 9.48. The zero-order valence-electron chi connectivity index (χ0n) is 12.4. The molecule has 1 aromatic rings. The normalized spacial score (nSPS) is 12.3. The summed E-state index contributed by atoms with van der Waals surface area (Å²) in [5.41, 5.74) is -0.170. The van der Waals surface area contributed by atoms with Crippen LogP contribution < -0.4 is 10.5 Å². The smallest absolute Gasteiger partial charge is 0.251 e. The van der Waals surface area contributed by atoms with Crippen molar-refractivity contribution in [2.75, 3.05) is 13.7 Å². The number of carbonyl (C=O) groups excluding carboxylic acids is 1. The first-order valence-corrected chi connectivity index (χ1v) is 8.05. The highest BCUT2D eigenvalue weighted by atomic mass is 35.5. The number of amides is 1. The van der Waals surface area contributed by atoms with Crippen molar-refractivity contribution in [1.82, 2.24) is 5.32 Å². The van der Waals surface area contributed by atoms with E-state index < -0.39 is 21.5 Å². The lowest BCUT2D eigenvalue weighted by Crippen LogP contribution is -2.46. The summed E-state index contributed by atoms with van der Waals surface area (Å²) in [6.45, 7) is 5.40. The Kier molecular flexibility index (Phi) is 5.38. The van der Waals surface area contributed by atoms with Gasteiger partial charge in [-0.05, 0) is 38.5 Å². The Morgan fingerprint density at radius 1 is 1.43 bits per heavy atom. The van der Waals surface area contributed by atoms with Gasteiger partial charge in [-0.25, -0.2) is 13.6 Å². The van der Waals surface area contributed by atoms with Crippen LogP contribution in [0.3, 0.4) is 0 Å². The molecule has 1 aromatic carbocycles. The first kappa shape index (κ1) is 17.9. The van der Waals surface area contributed by atoms with E-state index in [0.29, 0.717) is 12.2 Å². The second-order valence-electron chi connectivity index (χ2n) is 5.40. The lowest BCUT2D eigenvalue weighted by Gasteiger charge is -2.25. The molecule has 0 saturated carbocycles. The van der Waals surface area contributed by atoms with Crippen molar-refractivity contribution < 1.29 is 17.9 Å². The van der Waals surface area contributed by atoms with Gasteiger partial charge in [0.15, 0.2) is 0 Å². The van der Waals surface area contributed by atoms with Gasteiger partial charge in [-0.1, -0.05) is 11.6 Å². The van der Waals surface area contributed by atoms with Crippen molar-refractivity contribution in [3.8, 4) is 0 Å². The molecule has 0 atom stereocenters. The molecule has 6 nitrogen and oxygen atoms in total. The number of halogens is 1. The SMILES string of the molecule is COCC(C)(C)NC(=O)c1cc(Cl)c(C)c(S(N)(=O)=O)c1. The highest BCUT2D eigenvalue weighted by Gasteiger charge is 2.23. The van der Waals surface area contributed by atoms with Crippen LogP contribution in [0.15, 0.2) is 17.0 Å². The van der Waals surface area contributed by atoms with Gasteiger partial charge in [-0.15, -0.1) is 0 Å². The van der Waals surface area contributed by atoms with Gasteiger partial charge in [-0.3, -0.25) is 4.79 Å². The summed E-state index contributed by atoms with van der Waals surface area (Å²) in [5.74, 6) is -0.455. The van der Waals surface area contributed by atoms with Crippen molar-refractivity contribution in [2.45, 2.75) is 31.2 Å². The lowest BCUT2D eigenvalue weighted by molar-refractivity contribution is 0.0820. The summed E-state index contributed by atoms with van der Waals surface area (Å²) in [6, 6.07) is 2.62. The summed E-state index contributed by atoms with van der Waals surface area (Å²) in [6.07, 6.45) is 0. The van der Waals surface area contributed by atoms with E-state index in [1.165, 1.54) is 26.2 Å². The monoisotopic (exact) mass is 334 g/mol. The number of primary sulfonamides is 1. The van der Waals surface area contributed by atoms with Crippen LogP contribution in [0.5, 0.6) is 0 Å². The molecule has 21 heavy (non-hydrogen) atoms. The highest BCUT2D eigenvalue weighted by molar-refractivity contribution is 7.89. The van der Waals surface area contributed by atoms with E-state index in [2.05, 4.69) is 5.32 Å². The molecule has 0 aliphatic rings. The van der Waals surface area contributed by atoms with Gasteiger partial charge in [-0.2, -0.15) is 0 Å². The van der Waals surface area contributed by atoms with E-state index in [1.54, 1.807) is 13.8 Å². The molecule has 3 N–H and O–H groups in total. The largest absolute Gasteiger partial charge is 0.382 e. The van der Waals surface area contributed by atoms with E-state index in [9.17, 15) is 13.2 Å². The van der Waals surface area contributed by atoms with Gasteiger partial charge in [0.1, 0.15) is 0 Å². The van der Waals surface area contributed by atoms with E-state index in [0.717, 1.165) is 0 Å². The molecule has 0 aromatic heterocycles. The molecule has 0 saturated heterocycles. The second kappa shape index (κ2) is 6.31. The number of carbonyl (C=O) groups is 1. The Labute approximate surface area is 129 Å². The summed E-state index contributed by atoms with van der Waals surface area (Å²) in [4.78, 5) is 12.1. The number of sulfonamides is 1. The van der Waals surface area contributed by atoms with Crippen LogP contribution in [0.25, 0.3) is 0 Å². The summed E-state index contributed by atoms with van der Waals surface area (Å²) in [5, 5.41) is 8.04. The van der Waals surface area contributed by atoms with E-state index in [4.69, 9.17) is 21.5 Å². The van der Waals surface area contributed by atoms with Crippen LogP contribution in [0, 0.1) is 6.92 Å². The number of ether oxygens (including phenoxy) is 1. The topological polar surface area (TPSA) is 98.5 Å². The van der Waals surface area contributed by atoms with Crippen LogP contribution in [0.2, 0.25) is 5.02 Å². The van der Waals surface area contributed by atoms with Crippen molar-refractivity contribution in [3.05, 3.63) is 28.3 Å². The minimum Gasteiger partial charge on any atom is -0.382 e. The number of methoxy groups -OCH3 is 1. The quantitative estimate of drug-likeness (QED) is 0.851. The molecule has 0 bridgehead atoms. The summed E-state index contributed by atoms with van der Waals surface area (Å²) in [7, 11) is -2.43. The maximum Gasteiger partial charge on any atom is 0.251 e. The minimum absolute atomic E-state index is 0.124. The zero-order chi connectivity index (χ0) is 16.4. The van der Waals surface area contributed by atoms with Crippen molar-refractivity contribution in [1.29, 1.82) is 0 Å². The molecule has 0 fully saturated rings.